The van der Waals surface area contributed by atoms with E-state index in [2.05, 4.69) is 20.4 Å². The van der Waals surface area contributed by atoms with Gasteiger partial charge in [0.2, 0.25) is 27.6 Å². The zero-order chi connectivity index (χ0) is 23.7. The van der Waals surface area contributed by atoms with Crippen LogP contribution in [0.4, 0.5) is 0 Å². The molecule has 180 valence electrons. The van der Waals surface area contributed by atoms with E-state index in [4.69, 9.17) is 4.52 Å². The van der Waals surface area contributed by atoms with Crippen molar-refractivity contribution in [2.75, 3.05) is 13.1 Å². The van der Waals surface area contributed by atoms with Gasteiger partial charge in [-0.25, -0.2) is 8.42 Å². The predicted octanol–water partition coefficient (Wildman–Crippen LogP) is 3.49. The van der Waals surface area contributed by atoms with E-state index in [9.17, 15) is 13.2 Å². The molecule has 5 rings (SSSR count). The van der Waals surface area contributed by atoms with E-state index in [0.29, 0.717) is 53.3 Å². The number of rotatable bonds is 7. The maximum absolute atomic E-state index is 13.5. The summed E-state index contributed by atoms with van der Waals surface area (Å²) in [5, 5.41) is 6.99. The summed E-state index contributed by atoms with van der Waals surface area (Å²) in [7, 11) is -3.75. The molecule has 1 aliphatic carbocycles. The fraction of sp³-hybridized carbons (Fsp3) is 0.478. The van der Waals surface area contributed by atoms with Crippen molar-refractivity contribution in [3.63, 3.8) is 0 Å². The lowest BCUT2D eigenvalue weighted by atomic mass is 9.85. The predicted molar refractivity (Wildman–Crippen MR) is 127 cm³/mol. The van der Waals surface area contributed by atoms with Crippen molar-refractivity contribution < 1.29 is 17.7 Å². The first kappa shape index (κ1) is 23.1. The van der Waals surface area contributed by atoms with E-state index in [1.54, 1.807) is 25.4 Å². The number of amides is 1. The van der Waals surface area contributed by atoms with E-state index >= 15 is 0 Å². The van der Waals surface area contributed by atoms with Gasteiger partial charge in [0, 0.05) is 42.8 Å². The molecule has 11 heteroatoms. The number of hydrogen-bond acceptors (Lipinski definition) is 8. The summed E-state index contributed by atoms with van der Waals surface area (Å²) in [5.41, 5.74) is 0.902. The zero-order valence-electron chi connectivity index (χ0n) is 18.9. The van der Waals surface area contributed by atoms with Gasteiger partial charge < -0.3 is 9.84 Å². The molecule has 2 fully saturated rings. The van der Waals surface area contributed by atoms with Gasteiger partial charge in [-0.05, 0) is 50.3 Å². The van der Waals surface area contributed by atoms with Crippen LogP contribution in [0.1, 0.15) is 54.4 Å². The topological polar surface area (TPSA) is 118 Å². The second-order valence-corrected chi connectivity index (χ2v) is 12.1. The average Bonchev–Trinajstić information content (AvgIpc) is 3.44. The van der Waals surface area contributed by atoms with Crippen molar-refractivity contribution in [3.05, 3.63) is 46.9 Å². The summed E-state index contributed by atoms with van der Waals surface area (Å²) in [6.45, 7) is 2.72. The Bertz CT molecular complexity index is 1270. The minimum Gasteiger partial charge on any atom is -0.352 e. The van der Waals surface area contributed by atoms with Crippen LogP contribution in [0.15, 0.2) is 40.0 Å². The van der Waals surface area contributed by atoms with Crippen molar-refractivity contribution in [2.24, 2.45) is 5.92 Å². The van der Waals surface area contributed by atoms with Gasteiger partial charge in [0.15, 0.2) is 0 Å². The van der Waals surface area contributed by atoms with Crippen LogP contribution in [0.5, 0.6) is 0 Å². The van der Waals surface area contributed by atoms with E-state index in [1.165, 1.54) is 22.1 Å². The van der Waals surface area contributed by atoms with E-state index < -0.39 is 10.0 Å². The van der Waals surface area contributed by atoms with Crippen molar-refractivity contribution >= 4 is 27.3 Å². The molecule has 2 aliphatic rings. The smallest absolute Gasteiger partial charge is 0.244 e. The number of nitrogens with one attached hydrogen (secondary N) is 1. The number of hydrogen-bond donors (Lipinski definition) is 1. The Labute approximate surface area is 202 Å². The molecule has 1 saturated carbocycles. The maximum atomic E-state index is 13.5. The van der Waals surface area contributed by atoms with Gasteiger partial charge in [0.1, 0.15) is 0 Å². The van der Waals surface area contributed by atoms with E-state index in [-0.39, 0.29) is 23.3 Å². The molecule has 1 aliphatic heterocycles. The Balaban J connectivity index is 1.28. The lowest BCUT2D eigenvalue weighted by molar-refractivity contribution is -0.126. The lowest BCUT2D eigenvalue weighted by Crippen LogP contribution is -2.45. The fourth-order valence-electron chi connectivity index (χ4n) is 4.34. The molecule has 34 heavy (non-hydrogen) atoms. The third-order valence-electron chi connectivity index (χ3n) is 6.55. The van der Waals surface area contributed by atoms with Crippen molar-refractivity contribution in [1.29, 1.82) is 0 Å². The van der Waals surface area contributed by atoms with E-state index in [1.807, 2.05) is 12.1 Å². The number of carbonyl (C=O) groups is 1. The minimum atomic E-state index is -3.75. The van der Waals surface area contributed by atoms with Crippen molar-refractivity contribution in [1.82, 2.24) is 24.7 Å². The van der Waals surface area contributed by atoms with Crippen molar-refractivity contribution in [2.45, 2.75) is 56.4 Å². The number of aryl methyl sites for hydroxylation is 1. The summed E-state index contributed by atoms with van der Waals surface area (Å²) in [6.07, 6.45) is 7.95. The van der Waals surface area contributed by atoms with E-state index in [0.717, 1.165) is 18.4 Å². The first-order valence-corrected chi connectivity index (χ1v) is 13.8. The van der Waals surface area contributed by atoms with Gasteiger partial charge in [-0.1, -0.05) is 17.6 Å². The average molecular weight is 502 g/mol. The van der Waals surface area contributed by atoms with Gasteiger partial charge >= 0.3 is 0 Å². The Morgan fingerprint density at radius 1 is 1.29 bits per heavy atom. The molecular formula is C23H27N5O4S2. The van der Waals surface area contributed by atoms with Crippen LogP contribution in [0.3, 0.4) is 0 Å². The summed E-state index contributed by atoms with van der Waals surface area (Å²) >= 11 is 1.35. The second kappa shape index (κ2) is 9.55. The molecule has 0 spiro atoms. The number of thiophene rings is 1. The number of nitrogens with zero attached hydrogens (tertiary/aromatic N) is 4. The first-order valence-electron chi connectivity index (χ1n) is 11.5. The molecule has 1 saturated heterocycles. The van der Waals surface area contributed by atoms with Gasteiger partial charge in [-0.3, -0.25) is 9.78 Å². The standard InChI is InChI=1S/C23H27N5O4S2/c1-15-20(11-19(33-15)21-26-23(32-27-21)17-6-2-7-17)34(30,31)28-10-4-8-18(14-28)22(29)25-13-16-5-3-9-24-12-16/h3,5,9,11-12,17-18H,2,4,6-8,10,13-14H2,1H3,(H,25,29). The monoisotopic (exact) mass is 501 g/mol. The summed E-state index contributed by atoms with van der Waals surface area (Å²) in [6, 6.07) is 5.34. The highest BCUT2D eigenvalue weighted by Gasteiger charge is 2.35. The third kappa shape index (κ3) is 4.64. The van der Waals surface area contributed by atoms with Gasteiger partial charge in [0.25, 0.3) is 0 Å². The summed E-state index contributed by atoms with van der Waals surface area (Å²) in [5.74, 6) is 0.860. The second-order valence-electron chi connectivity index (χ2n) is 8.90. The van der Waals surface area contributed by atoms with Crippen LogP contribution >= 0.6 is 11.3 Å². The number of pyridine rings is 1. The lowest BCUT2D eigenvalue weighted by Gasteiger charge is -2.31. The molecule has 1 unspecified atom stereocenters. The largest absolute Gasteiger partial charge is 0.352 e. The molecule has 1 atom stereocenters. The molecule has 0 aromatic carbocycles. The first-order chi connectivity index (χ1) is 16.4. The third-order valence-corrected chi connectivity index (χ3v) is 9.72. The molecule has 3 aromatic heterocycles. The van der Waals surface area contributed by atoms with Crippen LogP contribution in [0.25, 0.3) is 10.7 Å². The number of aromatic nitrogens is 3. The van der Waals surface area contributed by atoms with Crippen LogP contribution in [-0.4, -0.2) is 46.8 Å². The van der Waals surface area contributed by atoms with Crippen LogP contribution in [0, 0.1) is 12.8 Å². The highest BCUT2D eigenvalue weighted by atomic mass is 32.2. The molecule has 9 nitrogen and oxygen atoms in total. The van der Waals surface area contributed by atoms with Crippen LogP contribution in [0.2, 0.25) is 0 Å². The quantitative estimate of drug-likeness (QED) is 0.526. The number of piperidine rings is 1. The van der Waals surface area contributed by atoms with Gasteiger partial charge in [0.05, 0.1) is 15.7 Å². The number of sulfonamides is 1. The van der Waals surface area contributed by atoms with Crippen LogP contribution in [-0.2, 0) is 21.4 Å². The summed E-state index contributed by atoms with van der Waals surface area (Å²) in [4.78, 5) is 22.9. The minimum absolute atomic E-state index is 0.137. The highest BCUT2D eigenvalue weighted by Crippen LogP contribution is 2.38. The highest BCUT2D eigenvalue weighted by molar-refractivity contribution is 7.89. The molecule has 0 radical (unpaired) electrons. The Morgan fingerprint density at radius 2 is 2.15 bits per heavy atom. The number of carbonyl (C=O) groups excluding carboxylic acids is 1. The molecule has 3 aromatic rings. The van der Waals surface area contributed by atoms with Gasteiger partial charge in [-0.2, -0.15) is 9.29 Å². The zero-order valence-corrected chi connectivity index (χ0v) is 20.6. The van der Waals surface area contributed by atoms with Crippen LogP contribution < -0.4 is 5.32 Å². The summed E-state index contributed by atoms with van der Waals surface area (Å²) < 4.78 is 33.8. The molecule has 4 heterocycles. The van der Waals surface area contributed by atoms with Crippen molar-refractivity contribution in [3.8, 4) is 10.7 Å². The fourth-order valence-corrected chi connectivity index (χ4v) is 7.35. The molecule has 1 amide bonds. The SMILES string of the molecule is Cc1sc(-c2noc(C3CCC3)n2)cc1S(=O)(=O)N1CCCC(C(=O)NCc2cccnc2)C1. The molecule has 1 N–H and O–H groups in total. The maximum Gasteiger partial charge on any atom is 0.244 e. The Hall–Kier alpha value is -2.63. The Kier molecular flexibility index (Phi) is 6.50. The van der Waals surface area contributed by atoms with Gasteiger partial charge in [-0.15, -0.1) is 11.3 Å². The Morgan fingerprint density at radius 3 is 2.88 bits per heavy atom. The molecular weight excluding hydrogens is 474 g/mol. The normalized spacial score (nSPS) is 19.6. The molecule has 0 bridgehead atoms.